The van der Waals surface area contributed by atoms with Gasteiger partial charge >= 0.3 is 0 Å². The van der Waals surface area contributed by atoms with Crippen LogP contribution < -0.4 is 0 Å². The minimum atomic E-state index is -3.06. The van der Waals surface area contributed by atoms with Gasteiger partial charge in [-0.05, 0) is 31.7 Å². The molecule has 5 nitrogen and oxygen atoms in total. The molecule has 0 spiro atoms. The molecule has 0 aromatic heterocycles. The zero-order chi connectivity index (χ0) is 13.2. The second-order valence-corrected chi connectivity index (χ2v) is 7.49. The van der Waals surface area contributed by atoms with Gasteiger partial charge in [-0.2, -0.15) is 0 Å². The van der Waals surface area contributed by atoms with Crippen molar-refractivity contribution in [2.75, 3.05) is 39.0 Å². The van der Waals surface area contributed by atoms with Gasteiger partial charge in [0, 0.05) is 26.1 Å². The highest BCUT2D eigenvalue weighted by molar-refractivity contribution is 7.88. The Morgan fingerprint density at radius 2 is 2.06 bits per heavy atom. The first-order valence-corrected chi connectivity index (χ1v) is 8.49. The molecule has 0 bridgehead atoms. The highest BCUT2D eigenvalue weighted by Crippen LogP contribution is 2.20. The van der Waals surface area contributed by atoms with E-state index in [1.165, 1.54) is 6.26 Å². The summed E-state index contributed by atoms with van der Waals surface area (Å²) in [7, 11) is -3.06. The van der Waals surface area contributed by atoms with Crippen molar-refractivity contribution in [3.05, 3.63) is 0 Å². The molecule has 2 rings (SSSR count). The van der Waals surface area contributed by atoms with Crippen molar-refractivity contribution in [2.45, 2.75) is 25.7 Å². The van der Waals surface area contributed by atoms with Crippen LogP contribution in [-0.2, 0) is 14.8 Å². The van der Waals surface area contributed by atoms with Crippen LogP contribution in [0.3, 0.4) is 0 Å². The topological polar surface area (TPSA) is 57.7 Å². The number of hydrogen-bond donors (Lipinski definition) is 0. The molecule has 0 aliphatic carbocycles. The highest BCUT2D eigenvalue weighted by atomic mass is 32.2. The third-order valence-electron chi connectivity index (χ3n) is 3.80. The molecule has 2 aliphatic rings. The summed E-state index contributed by atoms with van der Waals surface area (Å²) >= 11 is 0. The van der Waals surface area contributed by atoms with Crippen molar-refractivity contribution in [3.8, 4) is 0 Å². The Kier molecular flexibility index (Phi) is 4.40. The van der Waals surface area contributed by atoms with Crippen molar-refractivity contribution >= 4 is 15.8 Å². The minimum Gasteiger partial charge on any atom is -0.298 e. The molecule has 0 saturated carbocycles. The molecule has 0 amide bonds. The van der Waals surface area contributed by atoms with Crippen LogP contribution in [0.4, 0.5) is 0 Å². The van der Waals surface area contributed by atoms with Gasteiger partial charge in [-0.3, -0.25) is 9.69 Å². The van der Waals surface area contributed by atoms with Gasteiger partial charge in [0.05, 0.1) is 12.8 Å². The van der Waals surface area contributed by atoms with E-state index in [0.717, 1.165) is 32.4 Å². The van der Waals surface area contributed by atoms with Crippen LogP contribution in [0.15, 0.2) is 0 Å². The Morgan fingerprint density at radius 3 is 2.72 bits per heavy atom. The SMILES string of the molecule is CS(=O)(=O)N1CCCC(CN2CCCC(=O)C2)C1. The summed E-state index contributed by atoms with van der Waals surface area (Å²) in [6, 6.07) is 0. The summed E-state index contributed by atoms with van der Waals surface area (Å²) < 4.78 is 24.6. The Morgan fingerprint density at radius 1 is 1.28 bits per heavy atom. The third-order valence-corrected chi connectivity index (χ3v) is 5.07. The van der Waals surface area contributed by atoms with Crippen molar-refractivity contribution in [1.29, 1.82) is 0 Å². The number of Topliss-reactive ketones (excluding diaryl/α,β-unsaturated/α-hetero) is 1. The first-order valence-electron chi connectivity index (χ1n) is 6.64. The summed E-state index contributed by atoms with van der Waals surface area (Å²) in [5.41, 5.74) is 0. The van der Waals surface area contributed by atoms with E-state index >= 15 is 0 Å². The quantitative estimate of drug-likeness (QED) is 0.744. The Labute approximate surface area is 109 Å². The highest BCUT2D eigenvalue weighted by Gasteiger charge is 2.28. The fraction of sp³-hybridized carbons (Fsp3) is 0.917. The maximum absolute atomic E-state index is 11.5. The van der Waals surface area contributed by atoms with E-state index in [-0.39, 0.29) is 0 Å². The molecule has 2 fully saturated rings. The molecule has 2 heterocycles. The average Bonchev–Trinajstić information content (AvgIpc) is 2.28. The Bertz CT molecular complexity index is 408. The van der Waals surface area contributed by atoms with E-state index in [4.69, 9.17) is 0 Å². The number of sulfonamides is 1. The maximum Gasteiger partial charge on any atom is 0.211 e. The lowest BCUT2D eigenvalue weighted by Crippen LogP contribution is -2.45. The van der Waals surface area contributed by atoms with E-state index in [0.29, 0.717) is 37.8 Å². The fourth-order valence-electron chi connectivity index (χ4n) is 2.91. The van der Waals surface area contributed by atoms with Crippen LogP contribution in [0.25, 0.3) is 0 Å². The molecular formula is C12H22N2O3S. The van der Waals surface area contributed by atoms with Crippen LogP contribution in [0.2, 0.25) is 0 Å². The van der Waals surface area contributed by atoms with E-state index < -0.39 is 10.0 Å². The molecule has 0 aromatic carbocycles. The van der Waals surface area contributed by atoms with Crippen molar-refractivity contribution in [3.63, 3.8) is 0 Å². The lowest BCUT2D eigenvalue weighted by atomic mass is 9.98. The molecule has 1 unspecified atom stereocenters. The Balaban J connectivity index is 1.87. The maximum atomic E-state index is 11.5. The summed E-state index contributed by atoms with van der Waals surface area (Å²) in [4.78, 5) is 13.6. The van der Waals surface area contributed by atoms with Crippen molar-refractivity contribution in [1.82, 2.24) is 9.21 Å². The van der Waals surface area contributed by atoms with E-state index in [1.807, 2.05) is 0 Å². The zero-order valence-electron chi connectivity index (χ0n) is 11.0. The number of nitrogens with zero attached hydrogens (tertiary/aromatic N) is 2. The zero-order valence-corrected chi connectivity index (χ0v) is 11.8. The molecule has 1 atom stereocenters. The number of carbonyl (C=O) groups excluding carboxylic acids is 1. The summed E-state index contributed by atoms with van der Waals surface area (Å²) in [5.74, 6) is 0.691. The van der Waals surface area contributed by atoms with Gasteiger partial charge in [-0.15, -0.1) is 0 Å². The summed E-state index contributed by atoms with van der Waals surface area (Å²) in [6.45, 7) is 3.64. The number of ketones is 1. The van der Waals surface area contributed by atoms with Gasteiger partial charge in [0.1, 0.15) is 5.78 Å². The number of piperidine rings is 2. The van der Waals surface area contributed by atoms with Gasteiger partial charge in [-0.25, -0.2) is 12.7 Å². The van der Waals surface area contributed by atoms with E-state index in [1.54, 1.807) is 4.31 Å². The van der Waals surface area contributed by atoms with Crippen LogP contribution >= 0.6 is 0 Å². The molecule has 6 heteroatoms. The molecule has 0 radical (unpaired) electrons. The lowest BCUT2D eigenvalue weighted by Gasteiger charge is -2.35. The fourth-order valence-corrected chi connectivity index (χ4v) is 3.85. The van der Waals surface area contributed by atoms with Gasteiger partial charge in [0.2, 0.25) is 10.0 Å². The minimum absolute atomic E-state index is 0.317. The molecule has 0 aromatic rings. The Hall–Kier alpha value is -0.460. The van der Waals surface area contributed by atoms with Gasteiger partial charge in [0.25, 0.3) is 0 Å². The molecule has 0 N–H and O–H groups in total. The van der Waals surface area contributed by atoms with E-state index in [9.17, 15) is 13.2 Å². The normalized spacial score (nSPS) is 28.5. The number of rotatable bonds is 3. The first kappa shape index (κ1) is 14.0. The van der Waals surface area contributed by atoms with Crippen LogP contribution in [0.1, 0.15) is 25.7 Å². The molecular weight excluding hydrogens is 252 g/mol. The van der Waals surface area contributed by atoms with Crippen molar-refractivity contribution < 1.29 is 13.2 Å². The van der Waals surface area contributed by atoms with Gasteiger partial charge in [-0.1, -0.05) is 0 Å². The second kappa shape index (κ2) is 5.67. The van der Waals surface area contributed by atoms with Gasteiger partial charge < -0.3 is 0 Å². The molecule has 2 aliphatic heterocycles. The predicted octanol–water partition coefficient (Wildman–Crippen LogP) is 0.323. The van der Waals surface area contributed by atoms with Gasteiger partial charge in [0.15, 0.2) is 0 Å². The number of carbonyl (C=O) groups is 1. The monoisotopic (exact) mass is 274 g/mol. The largest absolute Gasteiger partial charge is 0.298 e. The van der Waals surface area contributed by atoms with Crippen LogP contribution in [0.5, 0.6) is 0 Å². The summed E-state index contributed by atoms with van der Waals surface area (Å²) in [5, 5.41) is 0. The first-order chi connectivity index (χ1) is 8.45. The van der Waals surface area contributed by atoms with E-state index in [2.05, 4.69) is 4.90 Å². The number of hydrogen-bond acceptors (Lipinski definition) is 4. The lowest BCUT2D eigenvalue weighted by molar-refractivity contribution is -0.122. The molecule has 104 valence electrons. The number of likely N-dealkylation sites (tertiary alicyclic amines) is 1. The van der Waals surface area contributed by atoms with Crippen LogP contribution in [0, 0.1) is 5.92 Å². The van der Waals surface area contributed by atoms with Crippen LogP contribution in [-0.4, -0.2) is 62.4 Å². The summed E-state index contributed by atoms with van der Waals surface area (Å²) in [6.07, 6.45) is 4.92. The van der Waals surface area contributed by atoms with Crippen molar-refractivity contribution in [2.24, 2.45) is 5.92 Å². The predicted molar refractivity (Wildman–Crippen MR) is 69.8 cm³/mol. The molecule has 2 saturated heterocycles. The standard InChI is InChI=1S/C12H22N2O3S/c1-18(16,17)14-7-2-4-11(9-14)8-13-6-3-5-12(15)10-13/h11H,2-10H2,1H3. The third kappa shape index (κ3) is 3.76. The second-order valence-electron chi connectivity index (χ2n) is 5.51. The smallest absolute Gasteiger partial charge is 0.211 e. The average molecular weight is 274 g/mol. The molecule has 18 heavy (non-hydrogen) atoms.